The number of carbonyl (C=O) groups excluding carboxylic acids is 3. The summed E-state index contributed by atoms with van der Waals surface area (Å²) >= 11 is 2.72. The Morgan fingerprint density at radius 1 is 1.10 bits per heavy atom. The average molecular weight is 447 g/mol. The molecule has 0 bridgehead atoms. The molecule has 0 radical (unpaired) electrons. The normalized spacial score (nSPS) is 15.4. The Balaban J connectivity index is 1.82. The van der Waals surface area contributed by atoms with E-state index in [1.165, 1.54) is 28.0 Å². The Morgan fingerprint density at radius 3 is 2.13 bits per heavy atom. The molecule has 3 rings (SSSR count). The van der Waals surface area contributed by atoms with Crippen LogP contribution >= 0.6 is 23.1 Å². The van der Waals surface area contributed by atoms with E-state index >= 15 is 0 Å². The highest BCUT2D eigenvalue weighted by Crippen LogP contribution is 2.41. The molecule has 160 valence electrons. The SMILES string of the molecule is Cc1nc(SC(C)(C)C(=O)OC(C)(C)C)sc1C(C)N1C(=O)c2ccccc2C1=O. The van der Waals surface area contributed by atoms with Crippen LogP contribution in [-0.2, 0) is 9.53 Å². The molecule has 2 aromatic rings. The Bertz CT molecular complexity index is 985. The van der Waals surface area contributed by atoms with Gasteiger partial charge in [-0.3, -0.25) is 19.3 Å². The maximum Gasteiger partial charge on any atom is 0.322 e. The summed E-state index contributed by atoms with van der Waals surface area (Å²) in [4.78, 5) is 44.9. The number of carbonyl (C=O) groups is 3. The second-order valence-corrected chi connectivity index (χ2v) is 11.6. The monoisotopic (exact) mass is 446 g/mol. The van der Waals surface area contributed by atoms with E-state index in [1.807, 2.05) is 34.6 Å². The van der Waals surface area contributed by atoms with Crippen molar-refractivity contribution in [2.24, 2.45) is 0 Å². The van der Waals surface area contributed by atoms with Crippen LogP contribution in [0.4, 0.5) is 0 Å². The van der Waals surface area contributed by atoms with Crippen molar-refractivity contribution in [1.82, 2.24) is 9.88 Å². The second kappa shape index (κ2) is 7.81. The van der Waals surface area contributed by atoms with Crippen LogP contribution in [0.2, 0.25) is 0 Å². The van der Waals surface area contributed by atoms with E-state index in [0.717, 1.165) is 10.6 Å². The van der Waals surface area contributed by atoms with Gasteiger partial charge >= 0.3 is 5.97 Å². The van der Waals surface area contributed by atoms with Crippen LogP contribution in [0.15, 0.2) is 28.6 Å². The summed E-state index contributed by atoms with van der Waals surface area (Å²) in [7, 11) is 0. The number of aryl methyl sites for hydroxylation is 1. The third-order valence-corrected chi connectivity index (χ3v) is 7.20. The molecule has 0 fully saturated rings. The third-order valence-electron chi connectivity index (χ3n) is 4.64. The molecule has 2 heterocycles. The first-order chi connectivity index (χ1) is 13.8. The number of aromatic nitrogens is 1. The van der Waals surface area contributed by atoms with E-state index in [9.17, 15) is 14.4 Å². The molecule has 0 saturated carbocycles. The van der Waals surface area contributed by atoms with Gasteiger partial charge < -0.3 is 4.74 Å². The van der Waals surface area contributed by atoms with Crippen LogP contribution in [0.25, 0.3) is 0 Å². The lowest BCUT2D eigenvalue weighted by Gasteiger charge is -2.27. The first-order valence-electron chi connectivity index (χ1n) is 9.68. The van der Waals surface area contributed by atoms with Crippen molar-refractivity contribution in [1.29, 1.82) is 0 Å². The molecule has 0 spiro atoms. The summed E-state index contributed by atoms with van der Waals surface area (Å²) in [6.07, 6.45) is 0. The quantitative estimate of drug-likeness (QED) is 0.365. The van der Waals surface area contributed by atoms with Gasteiger partial charge in [-0.15, -0.1) is 11.3 Å². The van der Waals surface area contributed by atoms with Gasteiger partial charge in [0, 0.05) is 0 Å². The van der Waals surface area contributed by atoms with E-state index in [1.54, 1.807) is 38.1 Å². The maximum absolute atomic E-state index is 12.8. The minimum atomic E-state index is -0.826. The van der Waals surface area contributed by atoms with E-state index in [-0.39, 0.29) is 17.8 Å². The summed E-state index contributed by atoms with van der Waals surface area (Å²) in [5, 5.41) is 0. The van der Waals surface area contributed by atoms with Gasteiger partial charge in [0.15, 0.2) is 4.34 Å². The number of hydrogen-bond acceptors (Lipinski definition) is 7. The van der Waals surface area contributed by atoms with Gasteiger partial charge in [-0.05, 0) is 60.6 Å². The topological polar surface area (TPSA) is 76.6 Å². The largest absolute Gasteiger partial charge is 0.459 e. The van der Waals surface area contributed by atoms with Crippen molar-refractivity contribution in [3.05, 3.63) is 46.0 Å². The molecule has 1 aliphatic rings. The van der Waals surface area contributed by atoms with Crippen molar-refractivity contribution in [3.8, 4) is 0 Å². The molecule has 0 saturated heterocycles. The lowest BCUT2D eigenvalue weighted by atomic mass is 10.1. The minimum Gasteiger partial charge on any atom is -0.459 e. The van der Waals surface area contributed by atoms with E-state index < -0.39 is 16.4 Å². The number of thiazole rings is 1. The number of imide groups is 1. The van der Waals surface area contributed by atoms with Gasteiger partial charge in [0.1, 0.15) is 10.3 Å². The summed E-state index contributed by atoms with van der Waals surface area (Å²) in [6, 6.07) is 6.40. The standard InChI is InChI=1S/C22H26N2O4S2/c1-12-16(13(2)24-17(25)14-10-8-9-11-15(14)18(24)26)29-20(23-12)30-22(6,7)19(27)28-21(3,4)5/h8-11,13H,1-7H3. The van der Waals surface area contributed by atoms with E-state index in [4.69, 9.17) is 4.74 Å². The molecule has 6 nitrogen and oxygen atoms in total. The molecule has 1 aromatic heterocycles. The highest BCUT2D eigenvalue weighted by molar-refractivity contribution is 8.03. The smallest absolute Gasteiger partial charge is 0.322 e. The van der Waals surface area contributed by atoms with Gasteiger partial charge in [-0.1, -0.05) is 23.9 Å². The van der Waals surface area contributed by atoms with Crippen LogP contribution in [0.5, 0.6) is 0 Å². The average Bonchev–Trinajstić information content (AvgIpc) is 3.10. The molecular formula is C22H26N2O4S2. The van der Waals surface area contributed by atoms with Crippen LogP contribution in [0.1, 0.15) is 78.9 Å². The molecule has 1 atom stereocenters. The Labute approximate surface area is 185 Å². The molecule has 0 N–H and O–H groups in total. The predicted octanol–water partition coefficient (Wildman–Crippen LogP) is 5.02. The van der Waals surface area contributed by atoms with Crippen LogP contribution < -0.4 is 0 Å². The number of amides is 2. The number of rotatable bonds is 5. The third kappa shape index (κ3) is 4.30. The summed E-state index contributed by atoms with van der Waals surface area (Å²) in [5.74, 6) is -0.902. The summed E-state index contributed by atoms with van der Waals surface area (Å²) < 4.78 is 5.39. The Hall–Kier alpha value is -2.19. The fraction of sp³-hybridized carbons (Fsp3) is 0.455. The van der Waals surface area contributed by atoms with Gasteiger partial charge in [0.25, 0.3) is 11.8 Å². The van der Waals surface area contributed by atoms with Crippen molar-refractivity contribution in [2.45, 2.75) is 69.2 Å². The molecular weight excluding hydrogens is 420 g/mol. The molecule has 1 unspecified atom stereocenters. The molecule has 2 amide bonds. The maximum atomic E-state index is 12.8. The number of ether oxygens (including phenoxy) is 1. The molecule has 0 aliphatic carbocycles. The van der Waals surface area contributed by atoms with Crippen molar-refractivity contribution < 1.29 is 19.1 Å². The Kier molecular flexibility index (Phi) is 5.86. The molecule has 1 aliphatic heterocycles. The fourth-order valence-electron chi connectivity index (χ4n) is 3.15. The fourth-order valence-corrected chi connectivity index (χ4v) is 5.80. The first kappa shape index (κ1) is 22.5. The van der Waals surface area contributed by atoms with Crippen molar-refractivity contribution in [3.63, 3.8) is 0 Å². The van der Waals surface area contributed by atoms with E-state index in [0.29, 0.717) is 15.5 Å². The minimum absolute atomic E-state index is 0.292. The first-order valence-corrected chi connectivity index (χ1v) is 11.3. The number of fused-ring (bicyclic) bond motifs is 1. The molecule has 1 aromatic carbocycles. The summed E-state index contributed by atoms with van der Waals surface area (Å²) in [5.41, 5.74) is 1.03. The highest BCUT2D eigenvalue weighted by atomic mass is 32.2. The second-order valence-electron chi connectivity index (χ2n) is 8.75. The van der Waals surface area contributed by atoms with Crippen molar-refractivity contribution >= 4 is 40.9 Å². The van der Waals surface area contributed by atoms with Crippen molar-refractivity contribution in [2.75, 3.05) is 0 Å². The van der Waals surface area contributed by atoms with Crippen LogP contribution in [0.3, 0.4) is 0 Å². The number of hydrogen-bond donors (Lipinski definition) is 0. The van der Waals surface area contributed by atoms with Gasteiger partial charge in [0.05, 0.1) is 27.7 Å². The molecule has 30 heavy (non-hydrogen) atoms. The van der Waals surface area contributed by atoms with Crippen LogP contribution in [-0.4, -0.2) is 38.0 Å². The number of esters is 1. The number of nitrogens with zero attached hydrogens (tertiary/aromatic N) is 2. The van der Waals surface area contributed by atoms with Gasteiger partial charge in [0.2, 0.25) is 0 Å². The number of thioether (sulfide) groups is 1. The zero-order chi connectivity index (χ0) is 22.4. The summed E-state index contributed by atoms with van der Waals surface area (Å²) in [6.45, 7) is 12.8. The lowest BCUT2D eigenvalue weighted by molar-refractivity contribution is -0.156. The van der Waals surface area contributed by atoms with Gasteiger partial charge in [-0.2, -0.15) is 0 Å². The van der Waals surface area contributed by atoms with E-state index in [2.05, 4.69) is 4.98 Å². The Morgan fingerprint density at radius 2 is 1.63 bits per heavy atom. The lowest BCUT2D eigenvalue weighted by Crippen LogP contribution is -2.36. The number of benzene rings is 1. The zero-order valence-corrected chi connectivity index (χ0v) is 19.9. The molecule has 8 heteroatoms. The zero-order valence-electron chi connectivity index (χ0n) is 18.2. The highest BCUT2D eigenvalue weighted by Gasteiger charge is 2.40. The van der Waals surface area contributed by atoms with Gasteiger partial charge in [-0.25, -0.2) is 4.98 Å². The predicted molar refractivity (Wildman–Crippen MR) is 118 cm³/mol. The van der Waals surface area contributed by atoms with Crippen LogP contribution in [0, 0.1) is 6.92 Å².